The Hall–Kier alpha value is -2.41. The summed E-state index contributed by atoms with van der Waals surface area (Å²) in [6.07, 6.45) is 2.48. The molecule has 2 aromatic rings. The number of hydrogen-bond donors (Lipinski definition) is 0. The number of hydrogen-bond acceptors (Lipinski definition) is 4. The van der Waals surface area contributed by atoms with Gasteiger partial charge < -0.3 is 9.64 Å². The molecule has 1 fully saturated rings. The molecule has 7 heteroatoms. The van der Waals surface area contributed by atoms with Crippen LogP contribution >= 0.6 is 0 Å². The van der Waals surface area contributed by atoms with Gasteiger partial charge in [0.15, 0.2) is 4.75 Å². The fourth-order valence-electron chi connectivity index (χ4n) is 4.74. The van der Waals surface area contributed by atoms with Gasteiger partial charge in [-0.2, -0.15) is 0 Å². The fraction of sp³-hybridized carbons (Fsp3) is 0.480. The van der Waals surface area contributed by atoms with E-state index in [0.717, 1.165) is 31.6 Å². The largest absolute Gasteiger partial charge is 0.472 e. The predicted octanol–water partition coefficient (Wildman–Crippen LogP) is 5.37. The van der Waals surface area contributed by atoms with E-state index in [1.807, 2.05) is 31.2 Å². The molecule has 4 rings (SSSR count). The second-order valence-corrected chi connectivity index (χ2v) is 11.4. The van der Waals surface area contributed by atoms with E-state index in [-0.39, 0.29) is 24.1 Å². The van der Waals surface area contributed by atoms with Gasteiger partial charge >= 0.3 is 0 Å². The van der Waals surface area contributed by atoms with Gasteiger partial charge in [-0.1, -0.05) is 37.3 Å². The molecule has 2 aliphatic rings. The first-order valence-corrected chi connectivity index (χ1v) is 12.6. The highest BCUT2D eigenvalue weighted by molar-refractivity contribution is 7.91. The molecule has 0 amide bonds. The van der Waals surface area contributed by atoms with E-state index in [4.69, 9.17) is 4.74 Å². The van der Waals surface area contributed by atoms with E-state index in [1.165, 1.54) is 6.07 Å². The summed E-state index contributed by atoms with van der Waals surface area (Å²) in [5, 5.41) is 0. The van der Waals surface area contributed by atoms with Crippen LogP contribution in [0.5, 0.6) is 0 Å². The topological polar surface area (TPSA) is 59.0 Å². The zero-order valence-corrected chi connectivity index (χ0v) is 20.0. The molecule has 1 saturated heterocycles. The zero-order valence-electron chi connectivity index (χ0n) is 19.1. The van der Waals surface area contributed by atoms with Crippen LogP contribution in [-0.2, 0) is 19.5 Å². The zero-order chi connectivity index (χ0) is 23.1. The van der Waals surface area contributed by atoms with Crippen LogP contribution < -0.4 is 4.90 Å². The maximum atomic E-state index is 14.2. The van der Waals surface area contributed by atoms with Gasteiger partial charge in [0.05, 0.1) is 0 Å². The number of ether oxygens (including phenoxy) is 1. The van der Waals surface area contributed by atoms with Gasteiger partial charge in [0, 0.05) is 25.2 Å². The Balaban J connectivity index is 1.69. The van der Waals surface area contributed by atoms with Crippen LogP contribution in [-0.4, -0.2) is 33.0 Å². The van der Waals surface area contributed by atoms with Crippen molar-refractivity contribution in [3.63, 3.8) is 0 Å². The third-order valence-electron chi connectivity index (χ3n) is 7.04. The Morgan fingerprint density at radius 1 is 1.09 bits per heavy atom. The molecular formula is C25H31FN2O3S. The smallest absolute Gasteiger partial charge is 0.269 e. The van der Waals surface area contributed by atoms with Crippen molar-refractivity contribution in [1.82, 2.24) is 0 Å². The Labute approximate surface area is 190 Å². The molecule has 32 heavy (non-hydrogen) atoms. The normalized spacial score (nSPS) is 25.2. The molecule has 0 bridgehead atoms. The van der Waals surface area contributed by atoms with E-state index in [0.29, 0.717) is 11.1 Å². The second-order valence-electron chi connectivity index (χ2n) is 9.48. The van der Waals surface area contributed by atoms with Crippen molar-refractivity contribution < 1.29 is 17.5 Å². The first kappa shape index (κ1) is 22.8. The molecule has 2 aromatic carbocycles. The quantitative estimate of drug-likeness (QED) is 0.604. The van der Waals surface area contributed by atoms with Gasteiger partial charge in [-0.25, -0.2) is 12.8 Å². The van der Waals surface area contributed by atoms with Crippen molar-refractivity contribution in [3.8, 4) is 0 Å². The molecular weight excluding hydrogens is 427 g/mol. The summed E-state index contributed by atoms with van der Waals surface area (Å²) in [5.74, 6) is -0.468. The summed E-state index contributed by atoms with van der Waals surface area (Å²) < 4.78 is 50.3. The van der Waals surface area contributed by atoms with Crippen molar-refractivity contribution in [2.45, 2.75) is 63.2 Å². The molecule has 2 aliphatic heterocycles. The molecule has 0 aliphatic carbocycles. The summed E-state index contributed by atoms with van der Waals surface area (Å²) in [4.78, 5) is 2.28. The number of rotatable bonds is 5. The molecule has 2 atom stereocenters. The van der Waals surface area contributed by atoms with Gasteiger partial charge in [-0.05, 0) is 68.9 Å². The Morgan fingerprint density at radius 2 is 1.78 bits per heavy atom. The molecule has 172 valence electrons. The number of nitrogens with zero attached hydrogens (tertiary/aromatic N) is 2. The lowest BCUT2D eigenvalue weighted by Gasteiger charge is -2.45. The van der Waals surface area contributed by atoms with Crippen molar-refractivity contribution >= 4 is 21.6 Å². The summed E-state index contributed by atoms with van der Waals surface area (Å²) >= 11 is 0. The molecule has 2 heterocycles. The van der Waals surface area contributed by atoms with Gasteiger partial charge in [0.25, 0.3) is 10.0 Å². The minimum Gasteiger partial charge on any atom is -0.472 e. The molecule has 0 spiro atoms. The lowest BCUT2D eigenvalue weighted by atomic mass is 9.84. The lowest BCUT2D eigenvalue weighted by Crippen LogP contribution is -2.56. The summed E-state index contributed by atoms with van der Waals surface area (Å²) in [5.41, 5.74) is 1.13. The van der Waals surface area contributed by atoms with Crippen LogP contribution in [0.4, 0.5) is 10.1 Å². The minimum atomic E-state index is -3.96. The number of sulfonamides is 1. The highest BCUT2D eigenvalue weighted by atomic mass is 32.2. The predicted molar refractivity (Wildman–Crippen MR) is 126 cm³/mol. The average Bonchev–Trinajstić information content (AvgIpc) is 3.26. The van der Waals surface area contributed by atoms with Crippen LogP contribution in [0.25, 0.3) is 0 Å². The molecule has 0 radical (unpaired) electrons. The third kappa shape index (κ3) is 3.81. The van der Waals surface area contributed by atoms with Crippen LogP contribution in [0.2, 0.25) is 0 Å². The summed E-state index contributed by atoms with van der Waals surface area (Å²) in [6.45, 7) is 9.06. The first-order chi connectivity index (χ1) is 15.0. The molecule has 0 aromatic heterocycles. The van der Waals surface area contributed by atoms with Crippen LogP contribution in [0.15, 0.2) is 52.9 Å². The molecule has 1 unspecified atom stereocenters. The number of anilines is 1. The van der Waals surface area contributed by atoms with Crippen LogP contribution in [0, 0.1) is 5.82 Å². The lowest BCUT2D eigenvalue weighted by molar-refractivity contribution is 0.0428. The van der Waals surface area contributed by atoms with E-state index in [1.54, 1.807) is 39.0 Å². The van der Waals surface area contributed by atoms with Crippen molar-refractivity contribution in [2.75, 3.05) is 18.0 Å². The second kappa shape index (κ2) is 8.18. The minimum absolute atomic E-state index is 0.124. The van der Waals surface area contributed by atoms with Crippen molar-refractivity contribution in [3.05, 3.63) is 65.5 Å². The van der Waals surface area contributed by atoms with Gasteiger partial charge in [0.1, 0.15) is 11.4 Å². The highest BCUT2D eigenvalue weighted by Crippen LogP contribution is 2.47. The number of benzene rings is 2. The number of halogens is 1. The Bertz CT molecular complexity index is 1140. The van der Waals surface area contributed by atoms with E-state index in [9.17, 15) is 12.8 Å². The Morgan fingerprint density at radius 3 is 2.44 bits per heavy atom. The van der Waals surface area contributed by atoms with Gasteiger partial charge in [0.2, 0.25) is 5.90 Å². The van der Waals surface area contributed by atoms with E-state index in [2.05, 4.69) is 9.30 Å². The summed E-state index contributed by atoms with van der Waals surface area (Å²) in [7, 11) is -3.96. The van der Waals surface area contributed by atoms with Gasteiger partial charge in [-0.15, -0.1) is 4.40 Å². The van der Waals surface area contributed by atoms with Gasteiger partial charge in [-0.3, -0.25) is 0 Å². The van der Waals surface area contributed by atoms with Crippen molar-refractivity contribution in [1.29, 1.82) is 0 Å². The maximum Gasteiger partial charge on any atom is 0.269 e. The first-order valence-electron chi connectivity index (χ1n) is 11.2. The highest BCUT2D eigenvalue weighted by Gasteiger charge is 2.58. The van der Waals surface area contributed by atoms with Crippen LogP contribution in [0.1, 0.15) is 64.0 Å². The Kier molecular flexibility index (Phi) is 5.82. The molecule has 0 N–H and O–H groups in total. The monoisotopic (exact) mass is 458 g/mol. The molecule has 5 nitrogen and oxygen atoms in total. The fourth-order valence-corrected chi connectivity index (χ4v) is 6.39. The van der Waals surface area contributed by atoms with Crippen LogP contribution in [0.3, 0.4) is 0 Å². The average molecular weight is 459 g/mol. The third-order valence-corrected chi connectivity index (χ3v) is 9.25. The maximum absolute atomic E-state index is 14.2. The standard InChI is InChI=1S/C25H31FN2O3S/c1-18(21-12-5-6-13-22(21)26)16-23-27-32(29,30)25(4,24(2,3)31-23)19-10-9-11-20(17-19)28-14-7-8-15-28/h5-6,9-13,17-18H,7-8,14-16H2,1-4H3/t18-,25?/m1/s1. The SMILES string of the molecule is C[C@H](CC1=NS(=O)(=O)C(C)(c2cccc(N3CCCC3)c2)C(C)(C)O1)c1ccccc1F. The summed E-state index contributed by atoms with van der Waals surface area (Å²) in [6, 6.07) is 14.2. The van der Waals surface area contributed by atoms with E-state index < -0.39 is 20.4 Å². The molecule has 0 saturated carbocycles. The van der Waals surface area contributed by atoms with E-state index >= 15 is 0 Å². The van der Waals surface area contributed by atoms with Crippen molar-refractivity contribution in [2.24, 2.45) is 4.40 Å².